The number of nitrogens with zero attached hydrogens (tertiary/aromatic N) is 1. The molecule has 7 heteroatoms. The van der Waals surface area contributed by atoms with Crippen LogP contribution in [0.15, 0.2) is 76.4 Å². The zero-order chi connectivity index (χ0) is 22.3. The summed E-state index contributed by atoms with van der Waals surface area (Å²) < 4.78 is 19.8. The van der Waals surface area contributed by atoms with Crippen molar-refractivity contribution in [3.8, 4) is 0 Å². The Balaban J connectivity index is 1.45. The molecule has 1 aliphatic heterocycles. The van der Waals surface area contributed by atoms with Crippen LogP contribution in [-0.2, 0) is 27.4 Å². The lowest BCUT2D eigenvalue weighted by Gasteiger charge is -2.36. The zero-order valence-corrected chi connectivity index (χ0v) is 18.1. The molecule has 3 atom stereocenters. The van der Waals surface area contributed by atoms with E-state index in [4.69, 9.17) is 14.2 Å². The highest BCUT2D eigenvalue weighted by Gasteiger charge is 2.34. The van der Waals surface area contributed by atoms with E-state index in [0.717, 1.165) is 11.1 Å². The molecular weight excluding hydrogens is 408 g/mol. The summed E-state index contributed by atoms with van der Waals surface area (Å²) in [5, 5.41) is 0. The van der Waals surface area contributed by atoms with Gasteiger partial charge in [0.15, 0.2) is 0 Å². The topological polar surface area (TPSA) is 82.6 Å². The van der Waals surface area contributed by atoms with Crippen LogP contribution < -0.4 is 11.2 Å². The van der Waals surface area contributed by atoms with E-state index in [1.165, 1.54) is 4.57 Å². The van der Waals surface area contributed by atoms with E-state index in [1.54, 1.807) is 13.1 Å². The Morgan fingerprint density at radius 3 is 2.34 bits per heavy atom. The number of aryl methyl sites for hydroxylation is 1. The second-order valence-electron chi connectivity index (χ2n) is 8.08. The average Bonchev–Trinajstić information content (AvgIpc) is 2.82. The van der Waals surface area contributed by atoms with Crippen LogP contribution in [0.25, 0.3) is 0 Å². The van der Waals surface area contributed by atoms with Crippen molar-refractivity contribution in [2.45, 2.75) is 44.8 Å². The van der Waals surface area contributed by atoms with Crippen LogP contribution in [0, 0.1) is 6.92 Å². The molecule has 0 amide bonds. The molecule has 4 rings (SSSR count). The number of hydrogen-bond donors (Lipinski definition) is 1. The van der Waals surface area contributed by atoms with E-state index in [9.17, 15) is 9.59 Å². The standard InChI is InChI=1S/C25H28N2O5/c1-18-13-27(25(29)26-24(18)28)21-12-22(31-15-20-10-6-3-7-11-20)23(32-16-21)17-30-14-19-8-4-2-5-9-19/h2-11,13,21-23H,12,14-17H2,1H3,(H,26,28,29)/t21-,22+,23-/m1/s1. The smallest absolute Gasteiger partial charge is 0.328 e. The monoisotopic (exact) mass is 436 g/mol. The number of rotatable bonds is 8. The van der Waals surface area contributed by atoms with Crippen LogP contribution >= 0.6 is 0 Å². The van der Waals surface area contributed by atoms with Crippen molar-refractivity contribution >= 4 is 0 Å². The third kappa shape index (κ3) is 5.62. The first-order valence-corrected chi connectivity index (χ1v) is 10.8. The fourth-order valence-electron chi connectivity index (χ4n) is 3.86. The minimum Gasteiger partial charge on any atom is -0.374 e. The Bertz CT molecular complexity index is 1110. The van der Waals surface area contributed by atoms with E-state index in [2.05, 4.69) is 4.98 Å². The van der Waals surface area contributed by atoms with Gasteiger partial charge in [-0.2, -0.15) is 0 Å². The van der Waals surface area contributed by atoms with E-state index in [1.807, 2.05) is 60.7 Å². The van der Waals surface area contributed by atoms with Gasteiger partial charge in [-0.25, -0.2) is 4.79 Å². The molecule has 2 aromatic carbocycles. The average molecular weight is 437 g/mol. The molecule has 1 fully saturated rings. The van der Waals surface area contributed by atoms with Crippen LogP contribution in [0.5, 0.6) is 0 Å². The summed E-state index contributed by atoms with van der Waals surface area (Å²) in [6, 6.07) is 19.7. The van der Waals surface area contributed by atoms with Gasteiger partial charge in [-0.1, -0.05) is 60.7 Å². The molecule has 0 radical (unpaired) electrons. The number of hydrogen-bond acceptors (Lipinski definition) is 5. The van der Waals surface area contributed by atoms with Crippen LogP contribution in [0.1, 0.15) is 29.2 Å². The Morgan fingerprint density at radius 2 is 1.66 bits per heavy atom. The number of H-pyrrole nitrogens is 1. The number of benzene rings is 2. The number of nitrogens with one attached hydrogen (secondary N) is 1. The van der Waals surface area contributed by atoms with E-state index in [0.29, 0.717) is 38.4 Å². The SMILES string of the molecule is Cc1cn([C@H]2CO[C@H](COCc3ccccc3)[C@@H](OCc3ccccc3)C2)c(=O)[nH]c1=O. The highest BCUT2D eigenvalue weighted by atomic mass is 16.6. The Labute approximate surface area is 186 Å². The highest BCUT2D eigenvalue weighted by Crippen LogP contribution is 2.26. The number of ether oxygens (including phenoxy) is 3. The van der Waals surface area contributed by atoms with E-state index < -0.39 is 5.69 Å². The summed E-state index contributed by atoms with van der Waals surface area (Å²) in [6.07, 6.45) is 1.66. The summed E-state index contributed by atoms with van der Waals surface area (Å²) in [5.74, 6) is 0. The molecule has 1 aromatic heterocycles. The summed E-state index contributed by atoms with van der Waals surface area (Å²) in [6.45, 7) is 3.35. The van der Waals surface area contributed by atoms with Gasteiger partial charge in [0.1, 0.15) is 6.10 Å². The zero-order valence-electron chi connectivity index (χ0n) is 18.1. The van der Waals surface area contributed by atoms with Gasteiger partial charge in [0.2, 0.25) is 0 Å². The fraction of sp³-hybridized carbons (Fsp3) is 0.360. The van der Waals surface area contributed by atoms with Crippen molar-refractivity contribution in [1.82, 2.24) is 9.55 Å². The second-order valence-corrected chi connectivity index (χ2v) is 8.08. The van der Waals surface area contributed by atoms with Crippen LogP contribution in [0.4, 0.5) is 0 Å². The van der Waals surface area contributed by atoms with Crippen molar-refractivity contribution in [1.29, 1.82) is 0 Å². The third-order valence-corrected chi connectivity index (χ3v) is 5.66. The van der Waals surface area contributed by atoms with Gasteiger partial charge < -0.3 is 14.2 Å². The first kappa shape index (κ1) is 22.2. The Morgan fingerprint density at radius 1 is 1.00 bits per heavy atom. The van der Waals surface area contributed by atoms with Gasteiger partial charge in [-0.05, 0) is 24.5 Å². The quantitative estimate of drug-likeness (QED) is 0.587. The lowest BCUT2D eigenvalue weighted by atomic mass is 10.0. The third-order valence-electron chi connectivity index (χ3n) is 5.66. The molecule has 0 aliphatic carbocycles. The van der Waals surface area contributed by atoms with Crippen LogP contribution in [-0.4, -0.2) is 35.0 Å². The van der Waals surface area contributed by atoms with Gasteiger partial charge >= 0.3 is 5.69 Å². The predicted octanol–water partition coefficient (Wildman–Crippen LogP) is 2.98. The molecule has 0 bridgehead atoms. The predicted molar refractivity (Wildman–Crippen MR) is 121 cm³/mol. The van der Waals surface area contributed by atoms with E-state index >= 15 is 0 Å². The van der Waals surface area contributed by atoms with Crippen LogP contribution in [0.2, 0.25) is 0 Å². The molecule has 1 aliphatic rings. The van der Waals surface area contributed by atoms with Crippen LogP contribution in [0.3, 0.4) is 0 Å². The number of aromatic nitrogens is 2. The molecule has 2 heterocycles. The highest BCUT2D eigenvalue weighted by molar-refractivity contribution is 5.14. The van der Waals surface area contributed by atoms with Crippen molar-refractivity contribution in [3.05, 3.63) is 104 Å². The summed E-state index contributed by atoms with van der Waals surface area (Å²) in [5.41, 5.74) is 1.84. The Kier molecular flexibility index (Phi) is 7.32. The van der Waals surface area contributed by atoms with Crippen molar-refractivity contribution in [3.63, 3.8) is 0 Å². The first-order chi connectivity index (χ1) is 15.6. The molecule has 3 aromatic rings. The summed E-state index contributed by atoms with van der Waals surface area (Å²) in [7, 11) is 0. The maximum absolute atomic E-state index is 12.4. The Hall–Kier alpha value is -3.00. The lowest BCUT2D eigenvalue weighted by Crippen LogP contribution is -2.46. The van der Waals surface area contributed by atoms with Crippen molar-refractivity contribution in [2.75, 3.05) is 13.2 Å². The molecule has 0 saturated carbocycles. The van der Waals surface area contributed by atoms with Crippen molar-refractivity contribution < 1.29 is 14.2 Å². The molecule has 168 valence electrons. The lowest BCUT2D eigenvalue weighted by molar-refractivity contribution is -0.151. The fourth-order valence-corrected chi connectivity index (χ4v) is 3.86. The minimum absolute atomic E-state index is 0.232. The number of aromatic amines is 1. The molecule has 32 heavy (non-hydrogen) atoms. The van der Waals surface area contributed by atoms with Gasteiger partial charge in [-0.15, -0.1) is 0 Å². The minimum atomic E-state index is -0.435. The molecule has 7 nitrogen and oxygen atoms in total. The molecule has 1 N–H and O–H groups in total. The van der Waals surface area contributed by atoms with Gasteiger partial charge in [0, 0.05) is 11.8 Å². The van der Waals surface area contributed by atoms with Gasteiger partial charge in [0.25, 0.3) is 5.56 Å². The molecular formula is C25H28N2O5. The van der Waals surface area contributed by atoms with Crippen molar-refractivity contribution in [2.24, 2.45) is 0 Å². The maximum atomic E-state index is 12.4. The van der Waals surface area contributed by atoms with Gasteiger partial charge in [-0.3, -0.25) is 14.3 Å². The first-order valence-electron chi connectivity index (χ1n) is 10.8. The van der Waals surface area contributed by atoms with Gasteiger partial charge in [0.05, 0.1) is 38.6 Å². The molecule has 1 saturated heterocycles. The maximum Gasteiger partial charge on any atom is 0.328 e. The second kappa shape index (κ2) is 10.5. The summed E-state index contributed by atoms with van der Waals surface area (Å²) in [4.78, 5) is 26.5. The largest absolute Gasteiger partial charge is 0.374 e. The molecule has 0 spiro atoms. The normalized spacial score (nSPS) is 20.8. The summed E-state index contributed by atoms with van der Waals surface area (Å²) >= 11 is 0. The molecule has 0 unspecified atom stereocenters. The van der Waals surface area contributed by atoms with E-state index in [-0.39, 0.29) is 23.8 Å².